The molecule has 2 saturated carbocycles. The summed E-state index contributed by atoms with van der Waals surface area (Å²) in [6.45, 7) is 0.906. The molecule has 2 heteroatoms. The maximum Gasteiger partial charge on any atom is 0.233 e. The van der Waals surface area contributed by atoms with E-state index in [1.807, 2.05) is 0 Å². The summed E-state index contributed by atoms with van der Waals surface area (Å²) < 4.78 is 0. The monoisotopic (exact) mass is 293 g/mol. The number of aryl methyl sites for hydroxylation is 1. The number of nitrogens with zero attached hydrogens (tertiary/aromatic N) is 1. The average molecular weight is 293 g/mol. The van der Waals surface area contributed by atoms with Crippen molar-refractivity contribution in [2.75, 3.05) is 11.4 Å². The van der Waals surface area contributed by atoms with Gasteiger partial charge in [-0.05, 0) is 68.4 Å². The lowest BCUT2D eigenvalue weighted by atomic mass is 9.74. The fraction of sp³-hybridized carbons (Fsp3) is 0.550. The summed E-state index contributed by atoms with van der Waals surface area (Å²) in [7, 11) is 0. The molecule has 0 N–H and O–H groups in total. The molecule has 3 unspecified atom stereocenters. The van der Waals surface area contributed by atoms with E-state index < -0.39 is 0 Å². The van der Waals surface area contributed by atoms with Crippen LogP contribution in [0.4, 0.5) is 5.69 Å². The van der Waals surface area contributed by atoms with Gasteiger partial charge in [-0.2, -0.15) is 0 Å². The summed E-state index contributed by atoms with van der Waals surface area (Å²) in [5.74, 6) is 1.94. The molecule has 5 rings (SSSR count). The molecule has 114 valence electrons. The van der Waals surface area contributed by atoms with Crippen LogP contribution in [0.1, 0.15) is 44.1 Å². The zero-order valence-corrected chi connectivity index (χ0v) is 13.1. The number of carbonyl (C=O) groups is 1. The van der Waals surface area contributed by atoms with Crippen LogP contribution in [0.2, 0.25) is 0 Å². The molecule has 1 aliphatic heterocycles. The van der Waals surface area contributed by atoms with E-state index in [4.69, 9.17) is 0 Å². The van der Waals surface area contributed by atoms with Gasteiger partial charge in [0.25, 0.3) is 0 Å². The van der Waals surface area contributed by atoms with E-state index in [1.165, 1.54) is 24.1 Å². The van der Waals surface area contributed by atoms with Crippen molar-refractivity contribution in [2.24, 2.45) is 17.3 Å². The number of benzene rings is 1. The number of rotatable bonds is 1. The van der Waals surface area contributed by atoms with E-state index in [-0.39, 0.29) is 5.41 Å². The minimum Gasteiger partial charge on any atom is -0.312 e. The van der Waals surface area contributed by atoms with Crippen molar-refractivity contribution in [2.45, 2.75) is 44.9 Å². The van der Waals surface area contributed by atoms with E-state index in [0.29, 0.717) is 5.91 Å². The first kappa shape index (κ1) is 12.9. The standard InChI is InChI=1S/C20H23NO/c22-19(21-11-3-5-15-4-1-2-6-18(15)21)20-10-9-14-7-8-16(12-20)17(14)13-20/h1-2,4,6,9,16-17H,3,5,7-8,10-13H2. The van der Waals surface area contributed by atoms with Crippen LogP contribution in [-0.4, -0.2) is 12.5 Å². The molecule has 0 saturated heterocycles. The highest BCUT2D eigenvalue weighted by atomic mass is 16.2. The second-order valence-corrected chi connectivity index (χ2v) is 7.77. The maximum atomic E-state index is 13.5. The van der Waals surface area contributed by atoms with Gasteiger partial charge in [-0.15, -0.1) is 0 Å². The zero-order valence-electron chi connectivity index (χ0n) is 13.1. The van der Waals surface area contributed by atoms with Gasteiger partial charge in [-0.25, -0.2) is 0 Å². The fourth-order valence-corrected chi connectivity index (χ4v) is 5.63. The number of carbonyl (C=O) groups excluding carboxylic acids is 1. The first-order valence-electron chi connectivity index (χ1n) is 8.86. The van der Waals surface area contributed by atoms with E-state index in [2.05, 4.69) is 35.2 Å². The topological polar surface area (TPSA) is 20.3 Å². The van der Waals surface area contributed by atoms with Crippen LogP contribution in [0.3, 0.4) is 0 Å². The number of amides is 1. The van der Waals surface area contributed by atoms with Gasteiger partial charge in [0.2, 0.25) is 5.91 Å². The Morgan fingerprint density at radius 3 is 3.05 bits per heavy atom. The second-order valence-electron chi connectivity index (χ2n) is 7.77. The number of allylic oxidation sites excluding steroid dienone is 2. The van der Waals surface area contributed by atoms with Gasteiger partial charge in [0.05, 0.1) is 5.41 Å². The Labute approximate surface area is 132 Å². The van der Waals surface area contributed by atoms with Crippen LogP contribution >= 0.6 is 0 Å². The molecule has 2 fully saturated rings. The zero-order chi connectivity index (χ0) is 14.7. The summed E-state index contributed by atoms with van der Waals surface area (Å²) in [6, 6.07) is 8.50. The minimum absolute atomic E-state index is 0.0797. The van der Waals surface area contributed by atoms with Crippen molar-refractivity contribution < 1.29 is 4.79 Å². The van der Waals surface area contributed by atoms with Gasteiger partial charge >= 0.3 is 0 Å². The smallest absolute Gasteiger partial charge is 0.233 e. The SMILES string of the molecule is O=C(N1CCCc2ccccc21)C12CC=C3CCC(C1)C3C2. The maximum absolute atomic E-state index is 13.5. The highest BCUT2D eigenvalue weighted by molar-refractivity contribution is 5.99. The molecular formula is C20H23NO. The van der Waals surface area contributed by atoms with E-state index in [0.717, 1.165) is 50.5 Å². The van der Waals surface area contributed by atoms with Gasteiger partial charge in [0.15, 0.2) is 0 Å². The van der Waals surface area contributed by atoms with E-state index >= 15 is 0 Å². The molecule has 0 radical (unpaired) electrons. The Morgan fingerprint density at radius 1 is 1.18 bits per heavy atom. The Bertz CT molecular complexity index is 676. The van der Waals surface area contributed by atoms with E-state index in [9.17, 15) is 4.79 Å². The highest BCUT2D eigenvalue weighted by Crippen LogP contribution is 2.60. The summed E-state index contributed by atoms with van der Waals surface area (Å²) in [6.07, 6.45) is 10.5. The van der Waals surface area contributed by atoms with Crippen molar-refractivity contribution in [3.8, 4) is 0 Å². The van der Waals surface area contributed by atoms with Crippen LogP contribution < -0.4 is 4.90 Å². The van der Waals surface area contributed by atoms with Gasteiger partial charge < -0.3 is 4.90 Å². The number of fused-ring (bicyclic) bond motifs is 2. The first-order chi connectivity index (χ1) is 10.8. The van der Waals surface area contributed by atoms with Crippen LogP contribution in [-0.2, 0) is 11.2 Å². The molecule has 2 nitrogen and oxygen atoms in total. The summed E-state index contributed by atoms with van der Waals surface area (Å²) >= 11 is 0. The quantitative estimate of drug-likeness (QED) is 0.714. The molecule has 1 aromatic rings. The number of hydrogen-bond acceptors (Lipinski definition) is 1. The van der Waals surface area contributed by atoms with Crippen molar-refractivity contribution in [3.05, 3.63) is 41.5 Å². The molecule has 1 heterocycles. The molecule has 0 aromatic heterocycles. The lowest BCUT2D eigenvalue weighted by Gasteiger charge is -2.39. The molecule has 1 amide bonds. The molecular weight excluding hydrogens is 270 g/mol. The summed E-state index contributed by atoms with van der Waals surface area (Å²) in [5.41, 5.74) is 4.12. The predicted octanol–water partition coefficient (Wildman–Crippen LogP) is 4.10. The van der Waals surface area contributed by atoms with Crippen molar-refractivity contribution in [3.63, 3.8) is 0 Å². The highest BCUT2D eigenvalue weighted by Gasteiger charge is 2.55. The van der Waals surface area contributed by atoms with Crippen LogP contribution in [0.5, 0.6) is 0 Å². The minimum atomic E-state index is -0.0797. The third kappa shape index (κ3) is 1.64. The van der Waals surface area contributed by atoms with Gasteiger partial charge in [-0.3, -0.25) is 4.79 Å². The largest absolute Gasteiger partial charge is 0.312 e. The Hall–Kier alpha value is -1.57. The molecule has 3 aliphatic carbocycles. The molecule has 3 atom stereocenters. The average Bonchev–Trinajstić information content (AvgIpc) is 3.07. The third-order valence-corrected chi connectivity index (χ3v) is 6.68. The molecule has 1 aromatic carbocycles. The number of anilines is 1. The number of hydrogen-bond donors (Lipinski definition) is 0. The lowest BCUT2D eigenvalue weighted by Crippen LogP contribution is -2.46. The Balaban J connectivity index is 1.51. The molecule has 2 bridgehead atoms. The summed E-state index contributed by atoms with van der Waals surface area (Å²) in [5, 5.41) is 0. The normalized spacial score (nSPS) is 35.3. The first-order valence-corrected chi connectivity index (χ1v) is 8.86. The van der Waals surface area contributed by atoms with Crippen LogP contribution in [0, 0.1) is 17.3 Å². The fourth-order valence-electron chi connectivity index (χ4n) is 5.63. The van der Waals surface area contributed by atoms with Crippen molar-refractivity contribution >= 4 is 11.6 Å². The second kappa shape index (κ2) is 4.47. The van der Waals surface area contributed by atoms with Crippen LogP contribution in [0.15, 0.2) is 35.9 Å². The Morgan fingerprint density at radius 2 is 2.09 bits per heavy atom. The van der Waals surface area contributed by atoms with Crippen molar-refractivity contribution in [1.29, 1.82) is 0 Å². The van der Waals surface area contributed by atoms with Crippen molar-refractivity contribution in [1.82, 2.24) is 0 Å². The lowest BCUT2D eigenvalue weighted by molar-refractivity contribution is -0.128. The molecule has 0 spiro atoms. The van der Waals surface area contributed by atoms with Crippen LogP contribution in [0.25, 0.3) is 0 Å². The van der Waals surface area contributed by atoms with Gasteiger partial charge in [0.1, 0.15) is 0 Å². The van der Waals surface area contributed by atoms with Gasteiger partial charge in [-0.1, -0.05) is 29.8 Å². The van der Waals surface area contributed by atoms with Gasteiger partial charge in [0, 0.05) is 12.2 Å². The molecule has 22 heavy (non-hydrogen) atoms. The molecule has 4 aliphatic rings. The summed E-state index contributed by atoms with van der Waals surface area (Å²) in [4.78, 5) is 15.6. The Kier molecular flexibility index (Phi) is 2.62. The predicted molar refractivity (Wildman–Crippen MR) is 87.7 cm³/mol. The number of para-hydroxylation sites is 1. The van der Waals surface area contributed by atoms with E-state index in [1.54, 1.807) is 5.57 Å². The third-order valence-electron chi connectivity index (χ3n) is 6.68.